The number of hydrogen-bond donors (Lipinski definition) is 0. The molecular formula is C18H16F3N3O4S2. The normalized spacial score (nSPS) is 16.6. The van der Waals surface area contributed by atoms with E-state index in [0.29, 0.717) is 18.7 Å². The number of ether oxygens (including phenoxy) is 2. The third-order valence-corrected chi connectivity index (χ3v) is 7.41. The van der Waals surface area contributed by atoms with Crippen LogP contribution in [-0.4, -0.2) is 48.2 Å². The number of rotatable bonds is 5. The van der Waals surface area contributed by atoms with Gasteiger partial charge in [-0.1, -0.05) is 12.1 Å². The van der Waals surface area contributed by atoms with Crippen molar-refractivity contribution in [2.24, 2.45) is 0 Å². The minimum Gasteiger partial charge on any atom is -0.473 e. The van der Waals surface area contributed by atoms with Crippen LogP contribution in [-0.2, 0) is 10.0 Å². The standard InChI is InChI=1S/C18H16F3N3O4S2/c19-18(20,21)28-14-3-1-2-4-15(14)30(25,26)24-8-5-12(6-9-24)27-17-16-13(7-10-29-16)22-11-23-17/h1-4,7,10-12H,5-6,8-9H2. The second kappa shape index (κ2) is 8.00. The van der Waals surface area contributed by atoms with Crippen molar-refractivity contribution in [3.8, 4) is 11.6 Å². The van der Waals surface area contributed by atoms with Crippen molar-refractivity contribution in [1.82, 2.24) is 14.3 Å². The number of sulfonamides is 1. The third kappa shape index (κ3) is 4.35. The molecular weight excluding hydrogens is 443 g/mol. The molecule has 0 radical (unpaired) electrons. The first-order chi connectivity index (χ1) is 14.2. The van der Waals surface area contributed by atoms with Crippen LogP contribution in [0.1, 0.15) is 12.8 Å². The number of alkyl halides is 3. The van der Waals surface area contributed by atoms with E-state index in [-0.39, 0.29) is 19.2 Å². The quantitative estimate of drug-likeness (QED) is 0.577. The van der Waals surface area contributed by atoms with E-state index in [1.807, 2.05) is 11.4 Å². The number of halogens is 3. The summed E-state index contributed by atoms with van der Waals surface area (Å²) in [7, 11) is -4.16. The van der Waals surface area contributed by atoms with Gasteiger partial charge in [0, 0.05) is 13.1 Å². The lowest BCUT2D eigenvalue weighted by Gasteiger charge is -2.31. The summed E-state index contributed by atoms with van der Waals surface area (Å²) in [5.74, 6) is -0.301. The van der Waals surface area contributed by atoms with Crippen LogP contribution in [0.4, 0.5) is 13.2 Å². The van der Waals surface area contributed by atoms with Gasteiger partial charge in [-0.3, -0.25) is 0 Å². The number of aromatic nitrogens is 2. The number of piperidine rings is 1. The van der Waals surface area contributed by atoms with Crippen molar-refractivity contribution in [3.05, 3.63) is 42.0 Å². The van der Waals surface area contributed by atoms with Gasteiger partial charge in [-0.25, -0.2) is 18.4 Å². The molecule has 0 spiro atoms. The molecule has 2 aromatic heterocycles. The Kier molecular flexibility index (Phi) is 5.55. The molecule has 160 valence electrons. The molecule has 0 unspecified atom stereocenters. The van der Waals surface area contributed by atoms with Crippen LogP contribution in [0.25, 0.3) is 10.2 Å². The Morgan fingerprint density at radius 2 is 1.83 bits per heavy atom. The number of nitrogens with zero attached hydrogens (tertiary/aromatic N) is 3. The third-order valence-electron chi connectivity index (χ3n) is 4.58. The fourth-order valence-electron chi connectivity index (χ4n) is 3.21. The molecule has 12 heteroatoms. The van der Waals surface area contributed by atoms with Crippen LogP contribution >= 0.6 is 11.3 Å². The molecule has 7 nitrogen and oxygen atoms in total. The monoisotopic (exact) mass is 459 g/mol. The summed E-state index contributed by atoms with van der Waals surface area (Å²) in [5, 5.41) is 1.88. The van der Waals surface area contributed by atoms with E-state index in [0.717, 1.165) is 26.7 Å². The Morgan fingerprint density at radius 3 is 2.57 bits per heavy atom. The number of thiophene rings is 1. The lowest BCUT2D eigenvalue weighted by atomic mass is 10.1. The molecule has 0 amide bonds. The Labute approximate surface area is 174 Å². The number of hydrogen-bond acceptors (Lipinski definition) is 7. The topological polar surface area (TPSA) is 81.6 Å². The fourth-order valence-corrected chi connectivity index (χ4v) is 5.57. The van der Waals surface area contributed by atoms with Gasteiger partial charge in [0.25, 0.3) is 0 Å². The summed E-state index contributed by atoms with van der Waals surface area (Å²) < 4.78 is 75.6. The van der Waals surface area contributed by atoms with Gasteiger partial charge in [0.05, 0.1) is 5.52 Å². The molecule has 1 aliphatic heterocycles. The smallest absolute Gasteiger partial charge is 0.473 e. The Hall–Kier alpha value is -2.44. The largest absolute Gasteiger partial charge is 0.573 e. The second-order valence-electron chi connectivity index (χ2n) is 6.53. The summed E-state index contributed by atoms with van der Waals surface area (Å²) >= 11 is 1.45. The first-order valence-electron chi connectivity index (χ1n) is 8.94. The highest BCUT2D eigenvalue weighted by atomic mass is 32.2. The molecule has 0 atom stereocenters. The average molecular weight is 459 g/mol. The lowest BCUT2D eigenvalue weighted by Crippen LogP contribution is -2.42. The van der Waals surface area contributed by atoms with Crippen molar-refractivity contribution >= 4 is 31.6 Å². The van der Waals surface area contributed by atoms with Crippen molar-refractivity contribution in [2.75, 3.05) is 13.1 Å². The van der Waals surface area contributed by atoms with Gasteiger partial charge in [-0.2, -0.15) is 4.31 Å². The fraction of sp³-hybridized carbons (Fsp3) is 0.333. The maximum absolute atomic E-state index is 12.9. The highest BCUT2D eigenvalue weighted by Crippen LogP contribution is 2.33. The molecule has 0 saturated carbocycles. The second-order valence-corrected chi connectivity index (χ2v) is 9.35. The highest BCUT2D eigenvalue weighted by Gasteiger charge is 2.37. The summed E-state index contributed by atoms with van der Waals surface area (Å²) in [4.78, 5) is 7.79. The van der Waals surface area contributed by atoms with Crippen LogP contribution in [0.5, 0.6) is 11.6 Å². The molecule has 1 fully saturated rings. The predicted molar refractivity (Wildman–Crippen MR) is 103 cm³/mol. The van der Waals surface area contributed by atoms with Crippen molar-refractivity contribution in [2.45, 2.75) is 30.2 Å². The summed E-state index contributed by atoms with van der Waals surface area (Å²) in [6, 6.07) is 6.58. The molecule has 3 aromatic rings. The molecule has 0 aliphatic carbocycles. The van der Waals surface area contributed by atoms with Gasteiger partial charge in [0.1, 0.15) is 27.8 Å². The molecule has 0 N–H and O–H groups in total. The van der Waals surface area contributed by atoms with E-state index >= 15 is 0 Å². The first kappa shape index (κ1) is 20.8. The molecule has 0 bridgehead atoms. The SMILES string of the molecule is O=S(=O)(c1ccccc1OC(F)(F)F)N1CCC(Oc2ncnc3ccsc23)CC1. The van der Waals surface area contributed by atoms with Crippen molar-refractivity contribution < 1.29 is 31.1 Å². The van der Waals surface area contributed by atoms with Crippen molar-refractivity contribution in [1.29, 1.82) is 0 Å². The molecule has 1 saturated heterocycles. The summed E-state index contributed by atoms with van der Waals surface area (Å²) in [6.45, 7) is 0.206. The molecule has 4 rings (SSSR count). The van der Waals surface area contributed by atoms with Crippen LogP contribution in [0.3, 0.4) is 0 Å². The van der Waals surface area contributed by atoms with Crippen LogP contribution < -0.4 is 9.47 Å². The minimum absolute atomic E-state index is 0.103. The predicted octanol–water partition coefficient (Wildman–Crippen LogP) is 3.82. The van der Waals surface area contributed by atoms with E-state index in [4.69, 9.17) is 4.74 Å². The Bertz CT molecular complexity index is 1140. The van der Waals surface area contributed by atoms with E-state index in [2.05, 4.69) is 14.7 Å². The average Bonchev–Trinajstić information content (AvgIpc) is 3.17. The Morgan fingerprint density at radius 1 is 1.10 bits per heavy atom. The molecule has 3 heterocycles. The van der Waals surface area contributed by atoms with E-state index < -0.39 is 27.0 Å². The molecule has 30 heavy (non-hydrogen) atoms. The molecule has 1 aromatic carbocycles. The van der Waals surface area contributed by atoms with E-state index in [9.17, 15) is 21.6 Å². The van der Waals surface area contributed by atoms with E-state index in [1.165, 1.54) is 29.8 Å². The number of benzene rings is 1. The van der Waals surface area contributed by atoms with Gasteiger partial charge < -0.3 is 9.47 Å². The van der Waals surface area contributed by atoms with Gasteiger partial charge in [0.2, 0.25) is 15.9 Å². The zero-order valence-corrected chi connectivity index (χ0v) is 17.0. The van der Waals surface area contributed by atoms with Crippen LogP contribution in [0, 0.1) is 0 Å². The van der Waals surface area contributed by atoms with Crippen LogP contribution in [0.15, 0.2) is 46.9 Å². The van der Waals surface area contributed by atoms with Crippen LogP contribution in [0.2, 0.25) is 0 Å². The number of fused-ring (bicyclic) bond motifs is 1. The lowest BCUT2D eigenvalue weighted by molar-refractivity contribution is -0.275. The highest BCUT2D eigenvalue weighted by molar-refractivity contribution is 7.89. The van der Waals surface area contributed by atoms with Gasteiger partial charge in [-0.05, 0) is 36.4 Å². The maximum atomic E-state index is 12.9. The maximum Gasteiger partial charge on any atom is 0.573 e. The van der Waals surface area contributed by atoms with E-state index in [1.54, 1.807) is 0 Å². The Balaban J connectivity index is 1.47. The minimum atomic E-state index is -4.99. The summed E-state index contributed by atoms with van der Waals surface area (Å²) in [6.07, 6.45) is -3.10. The zero-order chi connectivity index (χ0) is 21.4. The van der Waals surface area contributed by atoms with Crippen molar-refractivity contribution in [3.63, 3.8) is 0 Å². The van der Waals surface area contributed by atoms with Gasteiger partial charge >= 0.3 is 6.36 Å². The number of para-hydroxylation sites is 1. The summed E-state index contributed by atoms with van der Waals surface area (Å²) in [5.41, 5.74) is 0.770. The zero-order valence-electron chi connectivity index (χ0n) is 15.4. The van der Waals surface area contributed by atoms with Gasteiger partial charge in [0.15, 0.2) is 0 Å². The molecule has 1 aliphatic rings. The van der Waals surface area contributed by atoms with Gasteiger partial charge in [-0.15, -0.1) is 24.5 Å². The first-order valence-corrected chi connectivity index (χ1v) is 11.3.